The molecule has 1 saturated carbocycles. The third kappa shape index (κ3) is 2.81. The molecule has 0 aromatic heterocycles. The second-order valence-electron chi connectivity index (χ2n) is 4.62. The van der Waals surface area contributed by atoms with Crippen LogP contribution in [0.2, 0.25) is 0 Å². The van der Waals surface area contributed by atoms with Crippen LogP contribution in [0.15, 0.2) is 11.8 Å². The first-order chi connectivity index (χ1) is 7.25. The van der Waals surface area contributed by atoms with Crippen molar-refractivity contribution >= 4 is 5.78 Å². The number of carbonyl (C=O) groups excluding carboxylic acids is 1. The molecule has 3 nitrogen and oxygen atoms in total. The van der Waals surface area contributed by atoms with Crippen molar-refractivity contribution < 1.29 is 4.79 Å². The number of piperazine rings is 1. The quantitative estimate of drug-likeness (QED) is 0.606. The smallest absolute Gasteiger partial charge is 0.160 e. The molecule has 0 radical (unpaired) electrons. The predicted molar refractivity (Wildman–Crippen MR) is 60.6 cm³/mol. The maximum atomic E-state index is 11.6. The van der Waals surface area contributed by atoms with Crippen molar-refractivity contribution in [2.24, 2.45) is 0 Å². The van der Waals surface area contributed by atoms with Crippen LogP contribution < -0.4 is 0 Å². The van der Waals surface area contributed by atoms with Crippen LogP contribution in [0.3, 0.4) is 0 Å². The van der Waals surface area contributed by atoms with Crippen LogP contribution >= 0.6 is 0 Å². The molecule has 0 aromatic rings. The molecule has 1 aliphatic heterocycles. The number of hydrogen-bond acceptors (Lipinski definition) is 3. The van der Waals surface area contributed by atoms with Crippen molar-refractivity contribution in [3.8, 4) is 0 Å². The van der Waals surface area contributed by atoms with E-state index in [0.29, 0.717) is 5.78 Å². The van der Waals surface area contributed by atoms with Gasteiger partial charge in [-0.3, -0.25) is 4.79 Å². The van der Waals surface area contributed by atoms with E-state index in [9.17, 15) is 4.79 Å². The molecule has 3 heteroatoms. The van der Waals surface area contributed by atoms with Gasteiger partial charge in [-0.2, -0.15) is 0 Å². The second-order valence-corrected chi connectivity index (χ2v) is 4.62. The normalized spacial score (nSPS) is 27.4. The van der Waals surface area contributed by atoms with Gasteiger partial charge in [-0.1, -0.05) is 0 Å². The lowest BCUT2D eigenvalue weighted by molar-refractivity contribution is -0.116. The molecule has 2 fully saturated rings. The Labute approximate surface area is 91.7 Å². The molecule has 1 saturated heterocycles. The van der Waals surface area contributed by atoms with Crippen molar-refractivity contribution in [2.45, 2.75) is 25.7 Å². The van der Waals surface area contributed by atoms with Crippen molar-refractivity contribution in [3.63, 3.8) is 0 Å². The highest BCUT2D eigenvalue weighted by molar-refractivity contribution is 5.95. The van der Waals surface area contributed by atoms with Gasteiger partial charge in [-0.15, -0.1) is 0 Å². The summed E-state index contributed by atoms with van der Waals surface area (Å²) in [6.07, 6.45) is 6.14. The van der Waals surface area contributed by atoms with Crippen LogP contribution in [0.1, 0.15) is 25.7 Å². The highest BCUT2D eigenvalue weighted by Gasteiger charge is 2.17. The molecule has 1 heterocycles. The van der Waals surface area contributed by atoms with Crippen LogP contribution in [0.5, 0.6) is 0 Å². The third-order valence-electron chi connectivity index (χ3n) is 3.33. The van der Waals surface area contributed by atoms with Gasteiger partial charge in [0.15, 0.2) is 5.78 Å². The van der Waals surface area contributed by atoms with E-state index in [1.54, 1.807) is 0 Å². The fourth-order valence-electron chi connectivity index (χ4n) is 2.21. The average Bonchev–Trinajstić information content (AvgIpc) is 2.25. The van der Waals surface area contributed by atoms with Crippen molar-refractivity contribution in [3.05, 3.63) is 11.8 Å². The molecule has 84 valence electrons. The Bertz CT molecular complexity index is 265. The van der Waals surface area contributed by atoms with Crippen LogP contribution in [-0.2, 0) is 4.79 Å². The SMILES string of the molecule is CN1CCN(/C=C2\CCCCC2=O)CC1. The summed E-state index contributed by atoms with van der Waals surface area (Å²) in [6.45, 7) is 4.34. The summed E-state index contributed by atoms with van der Waals surface area (Å²) in [7, 11) is 2.15. The van der Waals surface area contributed by atoms with E-state index in [2.05, 4.69) is 23.0 Å². The molecule has 0 spiro atoms. The van der Waals surface area contributed by atoms with E-state index in [1.807, 2.05) is 0 Å². The second kappa shape index (κ2) is 4.79. The van der Waals surface area contributed by atoms with E-state index in [-0.39, 0.29) is 0 Å². The first-order valence-corrected chi connectivity index (χ1v) is 5.92. The van der Waals surface area contributed by atoms with Gasteiger partial charge in [0.2, 0.25) is 0 Å². The van der Waals surface area contributed by atoms with Gasteiger partial charge in [0, 0.05) is 44.4 Å². The summed E-state index contributed by atoms with van der Waals surface area (Å²) in [5.74, 6) is 0.375. The van der Waals surface area contributed by atoms with Crippen LogP contribution in [0, 0.1) is 0 Å². The lowest BCUT2D eigenvalue weighted by atomic mass is 9.94. The van der Waals surface area contributed by atoms with E-state index in [0.717, 1.165) is 51.0 Å². The molecule has 0 bridgehead atoms. The van der Waals surface area contributed by atoms with Gasteiger partial charge < -0.3 is 9.80 Å². The summed E-state index contributed by atoms with van der Waals surface area (Å²) in [5, 5.41) is 0. The Morgan fingerprint density at radius 2 is 1.73 bits per heavy atom. The Balaban J connectivity index is 1.93. The first kappa shape index (κ1) is 10.7. The summed E-state index contributed by atoms with van der Waals surface area (Å²) in [6, 6.07) is 0. The minimum atomic E-state index is 0.375. The van der Waals surface area contributed by atoms with Gasteiger partial charge in [0.25, 0.3) is 0 Å². The van der Waals surface area contributed by atoms with Gasteiger partial charge in [-0.25, -0.2) is 0 Å². The maximum Gasteiger partial charge on any atom is 0.160 e. The highest BCUT2D eigenvalue weighted by atomic mass is 16.1. The van der Waals surface area contributed by atoms with Gasteiger partial charge in [0.05, 0.1) is 0 Å². The average molecular weight is 208 g/mol. The van der Waals surface area contributed by atoms with E-state index in [4.69, 9.17) is 0 Å². The highest BCUT2D eigenvalue weighted by Crippen LogP contribution is 2.20. The Morgan fingerprint density at radius 1 is 1.07 bits per heavy atom. The Hall–Kier alpha value is -0.830. The van der Waals surface area contributed by atoms with E-state index in [1.165, 1.54) is 6.42 Å². The summed E-state index contributed by atoms with van der Waals surface area (Å²) in [4.78, 5) is 16.3. The fraction of sp³-hybridized carbons (Fsp3) is 0.750. The Morgan fingerprint density at radius 3 is 2.40 bits per heavy atom. The Kier molecular flexibility index (Phi) is 3.41. The molecular weight excluding hydrogens is 188 g/mol. The summed E-state index contributed by atoms with van der Waals surface area (Å²) < 4.78 is 0. The van der Waals surface area contributed by atoms with E-state index < -0.39 is 0 Å². The summed E-state index contributed by atoms with van der Waals surface area (Å²) >= 11 is 0. The zero-order valence-corrected chi connectivity index (χ0v) is 9.54. The van der Waals surface area contributed by atoms with Crippen molar-refractivity contribution in [2.75, 3.05) is 33.2 Å². The largest absolute Gasteiger partial charge is 0.374 e. The molecule has 0 atom stereocenters. The van der Waals surface area contributed by atoms with Crippen molar-refractivity contribution in [1.29, 1.82) is 0 Å². The topological polar surface area (TPSA) is 23.6 Å². The molecule has 0 amide bonds. The van der Waals surface area contributed by atoms with Crippen LogP contribution in [0.4, 0.5) is 0 Å². The van der Waals surface area contributed by atoms with Crippen LogP contribution in [-0.4, -0.2) is 48.8 Å². The maximum absolute atomic E-state index is 11.6. The molecule has 0 unspecified atom stereocenters. The third-order valence-corrected chi connectivity index (χ3v) is 3.33. The number of Topliss-reactive ketones (excluding diaryl/α,β-unsaturated/α-hetero) is 1. The number of hydrogen-bond donors (Lipinski definition) is 0. The number of allylic oxidation sites excluding steroid dienone is 1. The minimum absolute atomic E-state index is 0.375. The number of likely N-dealkylation sites (N-methyl/N-ethyl adjacent to an activating group) is 1. The predicted octanol–water partition coefficient (Wildman–Crippen LogP) is 1.26. The van der Waals surface area contributed by atoms with Crippen molar-refractivity contribution in [1.82, 2.24) is 9.80 Å². The van der Waals surface area contributed by atoms with Gasteiger partial charge >= 0.3 is 0 Å². The van der Waals surface area contributed by atoms with E-state index >= 15 is 0 Å². The van der Waals surface area contributed by atoms with Crippen LogP contribution in [0.25, 0.3) is 0 Å². The molecule has 0 N–H and O–H groups in total. The first-order valence-electron chi connectivity index (χ1n) is 5.92. The fourth-order valence-corrected chi connectivity index (χ4v) is 2.21. The zero-order valence-electron chi connectivity index (χ0n) is 9.54. The summed E-state index contributed by atoms with van der Waals surface area (Å²) in [5.41, 5.74) is 1.06. The minimum Gasteiger partial charge on any atom is -0.374 e. The molecule has 1 aliphatic carbocycles. The zero-order chi connectivity index (χ0) is 10.7. The standard InChI is InChI=1S/C12H20N2O/c1-13-6-8-14(9-7-13)10-11-4-2-3-5-12(11)15/h10H,2-9H2,1H3/b11-10+. The number of nitrogens with zero attached hydrogens (tertiary/aromatic N) is 2. The number of carbonyl (C=O) groups is 1. The number of ketones is 1. The molecular formula is C12H20N2O. The molecule has 0 aromatic carbocycles. The molecule has 2 rings (SSSR count). The van der Waals surface area contributed by atoms with Gasteiger partial charge in [0.1, 0.15) is 0 Å². The monoisotopic (exact) mass is 208 g/mol. The number of rotatable bonds is 1. The lowest BCUT2D eigenvalue weighted by Gasteiger charge is -2.32. The van der Waals surface area contributed by atoms with Gasteiger partial charge in [-0.05, 0) is 26.3 Å². The lowest BCUT2D eigenvalue weighted by Crippen LogP contribution is -2.42. The molecule has 2 aliphatic rings. The molecule has 15 heavy (non-hydrogen) atoms.